The summed E-state index contributed by atoms with van der Waals surface area (Å²) >= 11 is 0. The molecule has 0 unspecified atom stereocenters. The van der Waals surface area contributed by atoms with Crippen molar-refractivity contribution in [3.8, 4) is 34.3 Å². The number of rotatable bonds is 17. The fourth-order valence-corrected chi connectivity index (χ4v) is 7.33. The highest BCUT2D eigenvalue weighted by Crippen LogP contribution is 2.43. The second kappa shape index (κ2) is 17.3. The monoisotopic (exact) mass is 692 g/mol. The number of aromatic nitrogens is 1. The first-order chi connectivity index (χ1) is 25.7. The molecule has 6 aromatic rings. The number of methoxy groups -OCH3 is 1. The van der Waals surface area contributed by atoms with Crippen LogP contribution in [0.2, 0.25) is 0 Å². The molecule has 0 spiro atoms. The van der Waals surface area contributed by atoms with Gasteiger partial charge in [0.25, 0.3) is 0 Å². The van der Waals surface area contributed by atoms with Gasteiger partial charge in [-0.1, -0.05) is 130 Å². The second-order valence-electron chi connectivity index (χ2n) is 13.8. The van der Waals surface area contributed by atoms with E-state index in [4.69, 9.17) is 18.9 Å². The molecule has 52 heavy (non-hydrogen) atoms. The Kier molecular flexibility index (Phi) is 11.7. The highest BCUT2D eigenvalue weighted by molar-refractivity contribution is 5.95. The van der Waals surface area contributed by atoms with Crippen molar-refractivity contribution in [1.29, 1.82) is 0 Å². The van der Waals surface area contributed by atoms with Crippen LogP contribution in [0, 0.1) is 0 Å². The molecular formula is C47H50NO4+. The predicted molar refractivity (Wildman–Crippen MR) is 209 cm³/mol. The average Bonchev–Trinajstić information content (AvgIpc) is 3.20. The van der Waals surface area contributed by atoms with Crippen LogP contribution in [0.5, 0.6) is 23.0 Å². The molecule has 5 nitrogen and oxygen atoms in total. The molecule has 0 saturated carbocycles. The molecule has 0 bridgehead atoms. The fraction of sp³-hybridized carbons (Fsp3) is 0.298. The lowest BCUT2D eigenvalue weighted by atomic mass is 9.89. The highest BCUT2D eigenvalue weighted by Gasteiger charge is 2.31. The first kappa shape index (κ1) is 35.1. The van der Waals surface area contributed by atoms with E-state index in [1.54, 1.807) is 7.11 Å². The van der Waals surface area contributed by atoms with E-state index in [9.17, 15) is 0 Å². The van der Waals surface area contributed by atoms with Gasteiger partial charge < -0.3 is 18.9 Å². The number of pyridine rings is 1. The molecule has 0 N–H and O–H groups in total. The van der Waals surface area contributed by atoms with Crippen LogP contribution in [0.1, 0.15) is 73.3 Å². The molecule has 0 fully saturated rings. The molecule has 0 aliphatic carbocycles. The Morgan fingerprint density at radius 1 is 0.577 bits per heavy atom. The molecule has 1 aliphatic heterocycles. The summed E-state index contributed by atoms with van der Waals surface area (Å²) in [6.45, 7) is 4.56. The van der Waals surface area contributed by atoms with Gasteiger partial charge >= 0.3 is 0 Å². The van der Waals surface area contributed by atoms with Crippen LogP contribution in [0.3, 0.4) is 0 Å². The zero-order valence-corrected chi connectivity index (χ0v) is 30.6. The molecule has 7 rings (SSSR count). The summed E-state index contributed by atoms with van der Waals surface area (Å²) in [6.07, 6.45) is 11.6. The Balaban J connectivity index is 1.31. The lowest BCUT2D eigenvalue weighted by Gasteiger charge is -2.23. The SMILES string of the molecule is CCCCCCCCc1c2[n+](cc3c(OCc4ccccc4)c(OC)ccc13)CCc1cc(OCc3ccccc3)c(OCc3ccccc3)cc1-2. The van der Waals surface area contributed by atoms with E-state index in [0.29, 0.717) is 19.8 Å². The van der Waals surface area contributed by atoms with E-state index in [2.05, 4.69) is 115 Å². The number of unbranched alkanes of at least 4 members (excludes halogenated alkanes) is 5. The third-order valence-corrected chi connectivity index (χ3v) is 10.1. The van der Waals surface area contributed by atoms with Crippen LogP contribution in [0.25, 0.3) is 22.0 Å². The quantitative estimate of drug-likeness (QED) is 0.0705. The van der Waals surface area contributed by atoms with Crippen LogP contribution < -0.4 is 23.5 Å². The number of fused-ring (bicyclic) bond motifs is 4. The number of hydrogen-bond donors (Lipinski definition) is 0. The van der Waals surface area contributed by atoms with E-state index in [1.807, 2.05) is 18.2 Å². The van der Waals surface area contributed by atoms with Crippen molar-refractivity contribution < 1.29 is 23.5 Å². The van der Waals surface area contributed by atoms with Crippen molar-refractivity contribution in [3.05, 3.63) is 149 Å². The van der Waals surface area contributed by atoms with Crippen molar-refractivity contribution in [3.63, 3.8) is 0 Å². The van der Waals surface area contributed by atoms with Gasteiger partial charge in [0.1, 0.15) is 19.8 Å². The molecule has 5 aromatic carbocycles. The van der Waals surface area contributed by atoms with Crippen molar-refractivity contribution in [2.75, 3.05) is 7.11 Å². The van der Waals surface area contributed by atoms with Crippen LogP contribution >= 0.6 is 0 Å². The van der Waals surface area contributed by atoms with Crippen molar-refractivity contribution in [2.24, 2.45) is 0 Å². The van der Waals surface area contributed by atoms with Gasteiger partial charge in [0.05, 0.1) is 18.1 Å². The molecule has 0 radical (unpaired) electrons. The second-order valence-corrected chi connectivity index (χ2v) is 13.8. The molecule has 1 aliphatic rings. The summed E-state index contributed by atoms with van der Waals surface area (Å²) in [6, 6.07) is 39.8. The molecular weight excluding hydrogens is 643 g/mol. The topological polar surface area (TPSA) is 40.8 Å². The van der Waals surface area contributed by atoms with Gasteiger partial charge in [0, 0.05) is 17.4 Å². The van der Waals surface area contributed by atoms with Gasteiger partial charge in [0.2, 0.25) is 5.69 Å². The minimum absolute atomic E-state index is 0.464. The third-order valence-electron chi connectivity index (χ3n) is 10.1. The van der Waals surface area contributed by atoms with E-state index in [-0.39, 0.29) is 0 Å². The summed E-state index contributed by atoms with van der Waals surface area (Å²) < 4.78 is 28.1. The minimum Gasteiger partial charge on any atom is -0.493 e. The van der Waals surface area contributed by atoms with Gasteiger partial charge in [-0.05, 0) is 59.4 Å². The maximum Gasteiger partial charge on any atom is 0.216 e. The maximum atomic E-state index is 6.61. The normalized spacial score (nSPS) is 11.9. The summed E-state index contributed by atoms with van der Waals surface area (Å²) in [5, 5.41) is 2.31. The van der Waals surface area contributed by atoms with Crippen molar-refractivity contribution in [2.45, 2.75) is 84.7 Å². The van der Waals surface area contributed by atoms with Crippen LogP contribution in [-0.4, -0.2) is 7.11 Å². The van der Waals surface area contributed by atoms with Crippen LogP contribution in [-0.2, 0) is 39.2 Å². The molecule has 5 heteroatoms. The first-order valence-corrected chi connectivity index (χ1v) is 18.9. The van der Waals surface area contributed by atoms with Crippen molar-refractivity contribution in [1.82, 2.24) is 0 Å². The number of ether oxygens (including phenoxy) is 4. The summed E-state index contributed by atoms with van der Waals surface area (Å²) in [5.74, 6) is 3.10. The van der Waals surface area contributed by atoms with E-state index >= 15 is 0 Å². The molecule has 0 amide bonds. The standard InChI is InChI=1S/C47H50NO4/c1-3-4-5-6-7-17-24-40-39-25-26-43(49-2)47(52-34-37-22-15-10-16-23-37)42(39)31-48-28-27-38-29-44(50-32-35-18-11-8-12-19-35)45(30-41(38)46(40)48)51-33-36-20-13-9-14-21-36/h8-16,18-23,25-26,29-31H,3-7,17,24,27-28,32-34H2,1-2H3/q+1. The van der Waals surface area contributed by atoms with E-state index in [1.165, 1.54) is 59.9 Å². The van der Waals surface area contributed by atoms with Crippen LogP contribution in [0.15, 0.2) is 121 Å². The lowest BCUT2D eigenvalue weighted by molar-refractivity contribution is -0.686. The lowest BCUT2D eigenvalue weighted by Crippen LogP contribution is -2.41. The maximum absolute atomic E-state index is 6.61. The largest absolute Gasteiger partial charge is 0.493 e. The Bertz CT molecular complexity index is 2060. The molecule has 1 aromatic heterocycles. The predicted octanol–water partition coefficient (Wildman–Crippen LogP) is 11.0. The number of benzene rings is 5. The average molecular weight is 693 g/mol. The molecule has 0 saturated heterocycles. The number of hydrogen-bond acceptors (Lipinski definition) is 4. The zero-order valence-electron chi connectivity index (χ0n) is 30.6. The zero-order chi connectivity index (χ0) is 35.5. The number of nitrogens with zero attached hydrogens (tertiary/aromatic N) is 1. The Morgan fingerprint density at radius 2 is 1.15 bits per heavy atom. The molecule has 266 valence electrons. The first-order valence-electron chi connectivity index (χ1n) is 18.9. The van der Waals surface area contributed by atoms with Gasteiger partial charge in [-0.3, -0.25) is 0 Å². The van der Waals surface area contributed by atoms with E-state index < -0.39 is 0 Å². The fourth-order valence-electron chi connectivity index (χ4n) is 7.33. The summed E-state index contributed by atoms with van der Waals surface area (Å²) in [4.78, 5) is 0. The summed E-state index contributed by atoms with van der Waals surface area (Å²) in [7, 11) is 1.73. The Labute approximate surface area is 308 Å². The molecule has 0 atom stereocenters. The minimum atomic E-state index is 0.464. The molecule has 2 heterocycles. The van der Waals surface area contributed by atoms with Gasteiger partial charge in [-0.2, -0.15) is 4.57 Å². The smallest absolute Gasteiger partial charge is 0.216 e. The van der Waals surface area contributed by atoms with Gasteiger partial charge in [-0.15, -0.1) is 0 Å². The van der Waals surface area contributed by atoms with Gasteiger partial charge in [0.15, 0.2) is 35.7 Å². The summed E-state index contributed by atoms with van der Waals surface area (Å²) in [5.41, 5.74) is 8.49. The number of aryl methyl sites for hydroxylation is 3. The van der Waals surface area contributed by atoms with Gasteiger partial charge in [-0.25, -0.2) is 0 Å². The van der Waals surface area contributed by atoms with E-state index in [0.717, 1.165) is 70.9 Å². The highest BCUT2D eigenvalue weighted by atomic mass is 16.5. The van der Waals surface area contributed by atoms with Crippen LogP contribution in [0.4, 0.5) is 0 Å². The Hall–Kier alpha value is -5.29. The third kappa shape index (κ3) is 8.26. The van der Waals surface area contributed by atoms with Crippen molar-refractivity contribution >= 4 is 10.8 Å². The Morgan fingerprint density at radius 3 is 1.77 bits per heavy atom.